The lowest BCUT2D eigenvalue weighted by Crippen LogP contribution is -2.25. The van der Waals surface area contributed by atoms with Gasteiger partial charge >= 0.3 is 0 Å². The van der Waals surface area contributed by atoms with Crippen molar-refractivity contribution in [1.29, 1.82) is 0 Å². The highest BCUT2D eigenvalue weighted by Gasteiger charge is 2.39. The summed E-state index contributed by atoms with van der Waals surface area (Å²) in [5.41, 5.74) is 24.4. The normalized spacial score (nSPS) is 15.1. The standard InChI is InChI=1S/C83H60N2O3/c1-81(2)36-35-64-72(85(53-25-30-60-58-20-12-14-22-69(58)83(5,6)71(60)43-53)56-28-32-62-66-38-48-16-8-10-18-50(48)41-74(66)87-76(62)46-56)34-23-51-39-67-63-33-27-55(45-77(63)88-80(67)79(81)78(51)64)84(52-24-29-59-57-19-11-13-21-68(57)82(3,4)70(59)42-52)54-26-31-61-65-37-47-15-7-9-17-49(47)40-73(65)86-75(61)44-54/h7-34,37-46H,35-36H2,1-6H3. The van der Waals surface area contributed by atoms with E-state index in [4.69, 9.17) is 13.3 Å². The lowest BCUT2D eigenvalue weighted by molar-refractivity contribution is 0.471. The molecule has 13 aromatic carbocycles. The monoisotopic (exact) mass is 1130 g/mol. The maximum absolute atomic E-state index is 7.47. The molecule has 3 aromatic heterocycles. The fraction of sp³-hybridized carbons (Fsp3) is 0.133. The second-order valence-corrected chi connectivity index (χ2v) is 26.9. The molecule has 420 valence electrons. The molecular weight excluding hydrogens is 1070 g/mol. The number of rotatable bonds is 6. The Kier molecular flexibility index (Phi) is 9.87. The van der Waals surface area contributed by atoms with Crippen LogP contribution in [0.2, 0.25) is 0 Å². The number of benzene rings is 13. The molecule has 0 fully saturated rings. The van der Waals surface area contributed by atoms with E-state index >= 15 is 0 Å². The van der Waals surface area contributed by atoms with Gasteiger partial charge < -0.3 is 23.1 Å². The number of aryl methyl sites for hydroxylation is 1. The molecule has 3 heterocycles. The van der Waals surface area contributed by atoms with Gasteiger partial charge in [-0.3, -0.25) is 0 Å². The van der Waals surface area contributed by atoms with Crippen molar-refractivity contribution in [3.63, 3.8) is 0 Å². The Labute approximate surface area is 509 Å². The first-order chi connectivity index (χ1) is 42.8. The van der Waals surface area contributed by atoms with Crippen molar-refractivity contribution in [1.82, 2.24) is 0 Å². The lowest BCUT2D eigenvalue weighted by Gasteiger charge is -2.36. The van der Waals surface area contributed by atoms with Crippen LogP contribution in [0.15, 0.2) is 244 Å². The summed E-state index contributed by atoms with van der Waals surface area (Å²) >= 11 is 0. The van der Waals surface area contributed by atoms with Gasteiger partial charge in [-0.25, -0.2) is 0 Å². The van der Waals surface area contributed by atoms with E-state index in [0.717, 1.165) is 112 Å². The molecule has 3 aliphatic carbocycles. The molecule has 0 amide bonds. The highest BCUT2D eigenvalue weighted by Crippen LogP contribution is 2.56. The molecule has 88 heavy (non-hydrogen) atoms. The van der Waals surface area contributed by atoms with Crippen molar-refractivity contribution in [3.8, 4) is 22.3 Å². The molecule has 0 radical (unpaired) electrons. The maximum Gasteiger partial charge on any atom is 0.139 e. The van der Waals surface area contributed by atoms with Crippen molar-refractivity contribution in [2.75, 3.05) is 9.80 Å². The summed E-state index contributed by atoms with van der Waals surface area (Å²) in [5.74, 6) is 0. The van der Waals surface area contributed by atoms with Gasteiger partial charge in [0.05, 0.1) is 0 Å². The summed E-state index contributed by atoms with van der Waals surface area (Å²) < 4.78 is 21.1. The van der Waals surface area contributed by atoms with Crippen molar-refractivity contribution in [2.24, 2.45) is 0 Å². The molecule has 0 spiro atoms. The average Bonchev–Trinajstić information content (AvgIpc) is 2.26. The molecular formula is C83H60N2O3. The molecule has 0 aliphatic heterocycles. The van der Waals surface area contributed by atoms with Gasteiger partial charge in [-0.05, 0) is 198 Å². The second kappa shape index (κ2) is 17.4. The molecule has 0 unspecified atom stereocenters. The van der Waals surface area contributed by atoms with Crippen molar-refractivity contribution in [3.05, 3.63) is 264 Å². The zero-order valence-corrected chi connectivity index (χ0v) is 50.0. The summed E-state index contributed by atoms with van der Waals surface area (Å²) in [6.07, 6.45) is 1.86. The van der Waals surface area contributed by atoms with Crippen LogP contribution in [0.3, 0.4) is 0 Å². The predicted molar refractivity (Wildman–Crippen MR) is 367 cm³/mol. The van der Waals surface area contributed by atoms with Crippen LogP contribution < -0.4 is 9.80 Å². The average molecular weight is 1130 g/mol. The van der Waals surface area contributed by atoms with E-state index in [1.54, 1.807) is 0 Å². The van der Waals surface area contributed by atoms with Gasteiger partial charge in [0, 0.05) is 101 Å². The van der Waals surface area contributed by atoms with Crippen LogP contribution in [0.5, 0.6) is 0 Å². The van der Waals surface area contributed by atoms with Gasteiger partial charge in [0.25, 0.3) is 0 Å². The second-order valence-electron chi connectivity index (χ2n) is 26.9. The summed E-state index contributed by atoms with van der Waals surface area (Å²) in [5, 5.41) is 13.9. The SMILES string of the molecule is CC1(C)CCc2c(N(c3ccc4c(c3)C(C)(C)c3ccccc3-4)c3ccc4c(c3)oc3cc5ccccc5cc34)ccc3cc4c(oc5cc(N(c6ccc7c(c6)C(C)(C)c6ccccc6-7)c6ccc7c(c6)oc6cc8ccccc8cc67)ccc54)c1c23. The first kappa shape index (κ1) is 49.9. The number of hydrogen-bond donors (Lipinski definition) is 0. The molecule has 19 rings (SSSR count). The van der Waals surface area contributed by atoms with Gasteiger partial charge in [-0.15, -0.1) is 0 Å². The van der Waals surface area contributed by atoms with Gasteiger partial charge in [0.15, 0.2) is 0 Å². The number of fused-ring (bicyclic) bond motifs is 18. The highest BCUT2D eigenvalue weighted by molar-refractivity contribution is 6.16. The van der Waals surface area contributed by atoms with Crippen molar-refractivity contribution >= 4 is 132 Å². The van der Waals surface area contributed by atoms with Crippen LogP contribution in [-0.4, -0.2) is 0 Å². The van der Waals surface area contributed by atoms with E-state index in [0.29, 0.717) is 0 Å². The van der Waals surface area contributed by atoms with E-state index in [9.17, 15) is 0 Å². The van der Waals surface area contributed by atoms with Crippen LogP contribution in [0.1, 0.15) is 81.3 Å². The van der Waals surface area contributed by atoms with Crippen LogP contribution in [0.4, 0.5) is 34.1 Å². The smallest absolute Gasteiger partial charge is 0.139 e. The molecule has 16 aromatic rings. The fourth-order valence-corrected chi connectivity index (χ4v) is 16.3. The van der Waals surface area contributed by atoms with Crippen molar-refractivity contribution in [2.45, 2.75) is 70.6 Å². The zero-order chi connectivity index (χ0) is 58.7. The Morgan fingerprint density at radius 2 is 0.727 bits per heavy atom. The first-order valence-corrected chi connectivity index (χ1v) is 31.1. The van der Waals surface area contributed by atoms with Gasteiger partial charge in [0.1, 0.15) is 33.5 Å². The predicted octanol–water partition coefficient (Wildman–Crippen LogP) is 23.6. The van der Waals surface area contributed by atoms with E-state index in [-0.39, 0.29) is 16.2 Å². The molecule has 0 saturated carbocycles. The van der Waals surface area contributed by atoms with Crippen molar-refractivity contribution < 1.29 is 13.3 Å². The Morgan fingerprint density at radius 1 is 0.318 bits per heavy atom. The third kappa shape index (κ3) is 6.87. The number of furan rings is 3. The Hall–Kier alpha value is -10.4. The third-order valence-corrected chi connectivity index (χ3v) is 20.8. The molecule has 3 aliphatic rings. The van der Waals surface area contributed by atoms with Crippen LogP contribution in [0, 0.1) is 0 Å². The molecule has 5 heteroatoms. The zero-order valence-electron chi connectivity index (χ0n) is 50.0. The fourth-order valence-electron chi connectivity index (χ4n) is 16.3. The first-order valence-electron chi connectivity index (χ1n) is 31.1. The molecule has 5 nitrogen and oxygen atoms in total. The van der Waals surface area contributed by atoms with Crippen LogP contribution in [-0.2, 0) is 22.7 Å². The van der Waals surface area contributed by atoms with Gasteiger partial charge in [-0.1, -0.05) is 157 Å². The number of hydrogen-bond acceptors (Lipinski definition) is 5. The number of nitrogens with zero attached hydrogens (tertiary/aromatic N) is 2. The molecule has 0 saturated heterocycles. The quantitative estimate of drug-likeness (QED) is 0.166. The minimum atomic E-state index is -0.195. The summed E-state index contributed by atoms with van der Waals surface area (Å²) in [7, 11) is 0. The largest absolute Gasteiger partial charge is 0.456 e. The Bertz CT molecular complexity index is 5760. The van der Waals surface area contributed by atoms with Gasteiger partial charge in [-0.2, -0.15) is 0 Å². The van der Waals surface area contributed by atoms with Crippen LogP contribution in [0.25, 0.3) is 120 Å². The topological polar surface area (TPSA) is 45.9 Å². The summed E-state index contributed by atoms with van der Waals surface area (Å²) in [6, 6.07) is 85.5. The maximum atomic E-state index is 7.47. The summed E-state index contributed by atoms with van der Waals surface area (Å²) in [4.78, 5) is 4.90. The minimum Gasteiger partial charge on any atom is -0.456 e. The molecule has 0 atom stereocenters. The highest BCUT2D eigenvalue weighted by atomic mass is 16.3. The minimum absolute atomic E-state index is 0.181. The third-order valence-electron chi connectivity index (χ3n) is 20.8. The van der Waals surface area contributed by atoms with E-state index in [1.807, 2.05) is 0 Å². The molecule has 0 bridgehead atoms. The Morgan fingerprint density at radius 3 is 1.27 bits per heavy atom. The number of anilines is 6. The molecule has 0 N–H and O–H groups in total. The van der Waals surface area contributed by atoms with E-state index < -0.39 is 0 Å². The lowest BCUT2D eigenvalue weighted by atomic mass is 9.71. The Balaban J connectivity index is 0.798. The summed E-state index contributed by atoms with van der Waals surface area (Å²) in [6.45, 7) is 14.3. The van der Waals surface area contributed by atoms with Gasteiger partial charge in [0.2, 0.25) is 0 Å². The van der Waals surface area contributed by atoms with E-state index in [2.05, 4.69) is 282 Å². The van der Waals surface area contributed by atoms with Crippen LogP contribution >= 0.6 is 0 Å². The van der Waals surface area contributed by atoms with E-state index in [1.165, 1.54) is 88.3 Å².